The molecule has 3 fully saturated rings. The average Bonchev–Trinajstić information content (AvgIpc) is 3.14. The van der Waals surface area contributed by atoms with Crippen LogP contribution >= 0.6 is 0 Å². The molecule has 0 unspecified atom stereocenters. The number of fused-ring (bicyclic) bond motifs is 5. The minimum atomic E-state index is -2.91. The number of carbonyl (C=O) groups is 2. The molecule has 3 aliphatic rings. The summed E-state index contributed by atoms with van der Waals surface area (Å²) in [7, 11) is 0. The van der Waals surface area contributed by atoms with E-state index in [4.69, 9.17) is 4.74 Å². The summed E-state index contributed by atoms with van der Waals surface area (Å²) in [6.45, 7) is -2.91. The standard InChI is InChI=1S/C15H13F2NO4/c16-15(17)21-8-3-1-7(2-4-8)18-13(19)11-9-5-6-10(22-9)12(11)14(18)20/h1-4,9-12,15H,5-6H2/t9-,10-,11-,12+/m1/s1. The Balaban J connectivity index is 1.60. The third-order valence-corrected chi connectivity index (χ3v) is 4.60. The molecular formula is C15H13F2NO4. The lowest BCUT2D eigenvalue weighted by atomic mass is 9.81. The van der Waals surface area contributed by atoms with Gasteiger partial charge in [0.1, 0.15) is 5.75 Å². The topological polar surface area (TPSA) is 55.8 Å². The summed E-state index contributed by atoms with van der Waals surface area (Å²) < 4.78 is 34.2. The second kappa shape index (κ2) is 4.74. The van der Waals surface area contributed by atoms with E-state index in [0.717, 1.165) is 17.7 Å². The smallest absolute Gasteiger partial charge is 0.387 e. The molecule has 116 valence electrons. The summed E-state index contributed by atoms with van der Waals surface area (Å²) in [4.78, 5) is 26.2. The van der Waals surface area contributed by atoms with Crippen molar-refractivity contribution >= 4 is 17.5 Å². The number of rotatable bonds is 3. The molecule has 4 rings (SSSR count). The Morgan fingerprint density at radius 2 is 1.59 bits per heavy atom. The van der Waals surface area contributed by atoms with Crippen molar-refractivity contribution in [3.8, 4) is 5.75 Å². The van der Waals surface area contributed by atoms with Gasteiger partial charge in [-0.3, -0.25) is 9.59 Å². The average molecular weight is 309 g/mol. The lowest BCUT2D eigenvalue weighted by Crippen LogP contribution is -2.34. The highest BCUT2D eigenvalue weighted by Crippen LogP contribution is 2.49. The van der Waals surface area contributed by atoms with E-state index in [2.05, 4.69) is 4.74 Å². The minimum Gasteiger partial charge on any atom is -0.435 e. The summed E-state index contributed by atoms with van der Waals surface area (Å²) in [5, 5.41) is 0. The minimum absolute atomic E-state index is 0.0126. The number of nitrogens with zero attached hydrogens (tertiary/aromatic N) is 1. The van der Waals surface area contributed by atoms with E-state index in [-0.39, 0.29) is 29.8 Å². The maximum absolute atomic E-state index is 12.5. The first kappa shape index (κ1) is 13.6. The second-order valence-electron chi connectivity index (χ2n) is 5.73. The second-order valence-corrected chi connectivity index (χ2v) is 5.73. The molecule has 1 aromatic rings. The molecule has 0 spiro atoms. The molecule has 2 bridgehead atoms. The van der Waals surface area contributed by atoms with Crippen molar-refractivity contribution in [2.45, 2.75) is 31.7 Å². The van der Waals surface area contributed by atoms with Gasteiger partial charge in [0.25, 0.3) is 0 Å². The van der Waals surface area contributed by atoms with Gasteiger partial charge in [0.05, 0.1) is 29.7 Å². The van der Waals surface area contributed by atoms with Crippen molar-refractivity contribution in [2.24, 2.45) is 11.8 Å². The number of benzene rings is 1. The first-order valence-electron chi connectivity index (χ1n) is 7.14. The van der Waals surface area contributed by atoms with Crippen LogP contribution in [-0.4, -0.2) is 30.6 Å². The molecule has 1 aromatic carbocycles. The van der Waals surface area contributed by atoms with Gasteiger partial charge in [-0.05, 0) is 37.1 Å². The van der Waals surface area contributed by atoms with Crippen LogP contribution in [0.3, 0.4) is 0 Å². The third kappa shape index (κ3) is 1.85. The number of imide groups is 1. The van der Waals surface area contributed by atoms with Crippen molar-refractivity contribution in [1.29, 1.82) is 0 Å². The number of hydrogen-bond donors (Lipinski definition) is 0. The van der Waals surface area contributed by atoms with E-state index >= 15 is 0 Å². The van der Waals surface area contributed by atoms with Gasteiger partial charge in [0.2, 0.25) is 11.8 Å². The quantitative estimate of drug-likeness (QED) is 0.801. The Morgan fingerprint density at radius 3 is 2.09 bits per heavy atom. The summed E-state index contributed by atoms with van der Waals surface area (Å²) in [5.74, 6) is -1.33. The number of hydrogen-bond acceptors (Lipinski definition) is 4. The molecule has 3 aliphatic heterocycles. The zero-order valence-electron chi connectivity index (χ0n) is 11.4. The number of ether oxygens (including phenoxy) is 2. The normalized spacial score (nSPS) is 33.0. The molecule has 5 nitrogen and oxygen atoms in total. The van der Waals surface area contributed by atoms with E-state index in [9.17, 15) is 18.4 Å². The van der Waals surface area contributed by atoms with Crippen LogP contribution in [0.1, 0.15) is 12.8 Å². The van der Waals surface area contributed by atoms with Crippen LogP contribution in [-0.2, 0) is 14.3 Å². The lowest BCUT2D eigenvalue weighted by Gasteiger charge is -2.17. The predicted octanol–water partition coefficient (Wildman–Crippen LogP) is 1.95. The largest absolute Gasteiger partial charge is 0.435 e. The highest BCUT2D eigenvalue weighted by Gasteiger charge is 2.62. The summed E-state index contributed by atoms with van der Waals surface area (Å²) in [5.41, 5.74) is 0.380. The van der Waals surface area contributed by atoms with E-state index in [1.54, 1.807) is 0 Å². The molecule has 0 saturated carbocycles. The number of amides is 2. The number of carbonyl (C=O) groups excluding carboxylic acids is 2. The molecule has 0 aliphatic carbocycles. The molecule has 0 N–H and O–H groups in total. The fourth-order valence-corrected chi connectivity index (χ4v) is 3.74. The van der Waals surface area contributed by atoms with Crippen molar-refractivity contribution in [3.63, 3.8) is 0 Å². The van der Waals surface area contributed by atoms with Crippen molar-refractivity contribution in [2.75, 3.05) is 4.90 Å². The molecule has 2 amide bonds. The van der Waals surface area contributed by atoms with Gasteiger partial charge in [0, 0.05) is 0 Å². The van der Waals surface area contributed by atoms with E-state index in [0.29, 0.717) is 5.69 Å². The maximum atomic E-state index is 12.5. The van der Waals surface area contributed by atoms with Crippen molar-refractivity contribution < 1.29 is 27.8 Å². The van der Waals surface area contributed by atoms with Gasteiger partial charge in [-0.2, -0.15) is 8.78 Å². The fraction of sp³-hybridized carbons (Fsp3) is 0.467. The Kier molecular flexibility index (Phi) is 2.94. The molecule has 3 heterocycles. The first-order valence-corrected chi connectivity index (χ1v) is 7.14. The van der Waals surface area contributed by atoms with Gasteiger partial charge in [0.15, 0.2) is 0 Å². The molecule has 7 heteroatoms. The molecule has 4 atom stereocenters. The highest BCUT2D eigenvalue weighted by atomic mass is 19.3. The maximum Gasteiger partial charge on any atom is 0.387 e. The summed E-state index contributed by atoms with van der Waals surface area (Å²) in [6.07, 6.45) is 1.27. The predicted molar refractivity (Wildman–Crippen MR) is 70.4 cm³/mol. The van der Waals surface area contributed by atoms with Crippen LogP contribution in [0, 0.1) is 11.8 Å². The molecule has 22 heavy (non-hydrogen) atoms. The SMILES string of the molecule is O=C1[C@@H]2[C@H](C(=O)N1c1ccc(OC(F)F)cc1)[C@H]1CC[C@H]2O1. The Morgan fingerprint density at radius 1 is 1.05 bits per heavy atom. The molecule has 3 saturated heterocycles. The molecule has 0 radical (unpaired) electrons. The van der Waals surface area contributed by atoms with E-state index in [1.165, 1.54) is 24.3 Å². The summed E-state index contributed by atoms with van der Waals surface area (Å²) >= 11 is 0. The van der Waals surface area contributed by atoms with Gasteiger partial charge < -0.3 is 9.47 Å². The Bertz CT molecular complexity index is 605. The molecular weight excluding hydrogens is 296 g/mol. The van der Waals surface area contributed by atoms with Crippen molar-refractivity contribution in [1.82, 2.24) is 0 Å². The number of halogens is 2. The Hall–Kier alpha value is -2.02. The number of anilines is 1. The van der Waals surface area contributed by atoms with Crippen LogP contribution < -0.4 is 9.64 Å². The van der Waals surface area contributed by atoms with E-state index < -0.39 is 18.4 Å². The lowest BCUT2D eigenvalue weighted by molar-refractivity contribution is -0.124. The van der Waals surface area contributed by atoms with Crippen molar-refractivity contribution in [3.05, 3.63) is 24.3 Å². The third-order valence-electron chi connectivity index (χ3n) is 4.60. The summed E-state index contributed by atoms with van der Waals surface area (Å²) in [6, 6.07) is 5.52. The van der Waals surface area contributed by atoms with Crippen LogP contribution in [0.5, 0.6) is 5.75 Å². The van der Waals surface area contributed by atoms with E-state index in [1.807, 2.05) is 0 Å². The van der Waals surface area contributed by atoms with Gasteiger partial charge in [-0.1, -0.05) is 0 Å². The highest BCUT2D eigenvalue weighted by molar-refractivity contribution is 6.22. The zero-order chi connectivity index (χ0) is 15.4. The Labute approximate surface area is 124 Å². The molecule has 0 aromatic heterocycles. The first-order chi connectivity index (χ1) is 10.6. The monoisotopic (exact) mass is 309 g/mol. The van der Waals surface area contributed by atoms with Gasteiger partial charge in [-0.15, -0.1) is 0 Å². The van der Waals surface area contributed by atoms with Gasteiger partial charge >= 0.3 is 6.61 Å². The van der Waals surface area contributed by atoms with Crippen LogP contribution in [0.15, 0.2) is 24.3 Å². The van der Waals surface area contributed by atoms with Crippen LogP contribution in [0.4, 0.5) is 14.5 Å². The zero-order valence-corrected chi connectivity index (χ0v) is 11.4. The van der Waals surface area contributed by atoms with Gasteiger partial charge in [-0.25, -0.2) is 4.90 Å². The number of alkyl halides is 2. The van der Waals surface area contributed by atoms with Crippen LogP contribution in [0.25, 0.3) is 0 Å². The van der Waals surface area contributed by atoms with Crippen LogP contribution in [0.2, 0.25) is 0 Å². The fourth-order valence-electron chi connectivity index (χ4n) is 3.74.